The summed E-state index contributed by atoms with van der Waals surface area (Å²) in [5.41, 5.74) is 2.49. The van der Waals surface area contributed by atoms with Gasteiger partial charge in [0.25, 0.3) is 0 Å². The van der Waals surface area contributed by atoms with Gasteiger partial charge >= 0.3 is 0 Å². The average Bonchev–Trinajstić information content (AvgIpc) is 3.19. The van der Waals surface area contributed by atoms with Gasteiger partial charge in [-0.15, -0.1) is 0 Å². The summed E-state index contributed by atoms with van der Waals surface area (Å²) in [6.07, 6.45) is 2.08. The number of hydrogen-bond acceptors (Lipinski definition) is 5. The first-order valence-corrected chi connectivity index (χ1v) is 11.0. The van der Waals surface area contributed by atoms with Gasteiger partial charge in [0.1, 0.15) is 5.76 Å². The van der Waals surface area contributed by atoms with Crippen LogP contribution in [0.2, 0.25) is 5.02 Å². The van der Waals surface area contributed by atoms with Crippen LogP contribution in [0.3, 0.4) is 0 Å². The molecule has 1 unspecified atom stereocenters. The number of carbonyl (C=O) groups is 1. The number of nitrogens with zero attached hydrogens (tertiary/aromatic N) is 1. The van der Waals surface area contributed by atoms with E-state index in [1.165, 1.54) is 0 Å². The van der Waals surface area contributed by atoms with E-state index in [9.17, 15) is 13.2 Å². The highest BCUT2D eigenvalue weighted by Gasteiger charge is 2.33. The van der Waals surface area contributed by atoms with Crippen LogP contribution < -0.4 is 5.32 Å². The molecular formula is C19H23ClN2O4S. The van der Waals surface area contributed by atoms with Gasteiger partial charge in [0, 0.05) is 6.04 Å². The highest BCUT2D eigenvalue weighted by molar-refractivity contribution is 7.91. The van der Waals surface area contributed by atoms with Crippen molar-refractivity contribution in [3.05, 3.63) is 52.4 Å². The van der Waals surface area contributed by atoms with E-state index in [-0.39, 0.29) is 30.0 Å². The Kier molecular flexibility index (Phi) is 5.93. The molecule has 0 radical (unpaired) electrons. The Morgan fingerprint density at radius 2 is 2.15 bits per heavy atom. The molecule has 1 aromatic carbocycles. The van der Waals surface area contributed by atoms with Crippen LogP contribution in [-0.2, 0) is 21.2 Å². The standard InChI is InChI=1S/C19H23ClN2O4S/c1-13-8-14(2)19(17(20)9-13)21-18(23)11-22(10-16-4-3-6-26-16)15-5-7-27(24,25)12-15/h3-4,6,8-9,15H,5,7,10-12H2,1-2H3,(H,21,23). The first kappa shape index (κ1) is 19.9. The van der Waals surface area contributed by atoms with Crippen molar-refractivity contribution < 1.29 is 17.6 Å². The molecule has 2 aromatic rings. The quantitative estimate of drug-likeness (QED) is 0.791. The topological polar surface area (TPSA) is 79.6 Å². The monoisotopic (exact) mass is 410 g/mol. The van der Waals surface area contributed by atoms with E-state index in [1.54, 1.807) is 18.4 Å². The van der Waals surface area contributed by atoms with E-state index in [0.29, 0.717) is 29.4 Å². The van der Waals surface area contributed by atoms with Gasteiger partial charge in [-0.1, -0.05) is 17.7 Å². The van der Waals surface area contributed by atoms with Gasteiger partial charge in [-0.25, -0.2) is 8.42 Å². The predicted octanol–water partition coefficient (Wildman–Crippen LogP) is 3.18. The molecular weight excluding hydrogens is 388 g/mol. The molecule has 3 rings (SSSR count). The van der Waals surface area contributed by atoms with Crippen molar-refractivity contribution in [3.8, 4) is 0 Å². The third kappa shape index (κ3) is 5.12. The number of carbonyl (C=O) groups excluding carboxylic acids is 1. The van der Waals surface area contributed by atoms with Crippen molar-refractivity contribution in [2.75, 3.05) is 23.4 Å². The highest BCUT2D eigenvalue weighted by atomic mass is 35.5. The highest BCUT2D eigenvalue weighted by Crippen LogP contribution is 2.27. The van der Waals surface area contributed by atoms with Crippen LogP contribution in [0.25, 0.3) is 0 Å². The minimum Gasteiger partial charge on any atom is -0.468 e. The van der Waals surface area contributed by atoms with Gasteiger partial charge in [0.05, 0.1) is 41.6 Å². The molecule has 1 aromatic heterocycles. The lowest BCUT2D eigenvalue weighted by Crippen LogP contribution is -2.41. The fourth-order valence-electron chi connectivity index (χ4n) is 3.42. The molecule has 2 heterocycles. The Morgan fingerprint density at radius 1 is 1.37 bits per heavy atom. The summed E-state index contributed by atoms with van der Waals surface area (Å²) in [5, 5.41) is 3.36. The summed E-state index contributed by atoms with van der Waals surface area (Å²) in [6, 6.07) is 7.13. The van der Waals surface area contributed by atoms with Crippen LogP contribution in [0, 0.1) is 13.8 Å². The Labute approximate surface area is 164 Å². The molecule has 1 aliphatic rings. The van der Waals surface area contributed by atoms with Crippen LogP contribution in [0.4, 0.5) is 5.69 Å². The van der Waals surface area contributed by atoms with Crippen LogP contribution >= 0.6 is 11.6 Å². The number of hydrogen-bond donors (Lipinski definition) is 1. The van der Waals surface area contributed by atoms with Gasteiger partial charge in [-0.3, -0.25) is 9.69 Å². The number of aryl methyl sites for hydroxylation is 2. The third-order valence-corrected chi connectivity index (χ3v) is 6.76. The number of rotatable bonds is 6. The molecule has 1 saturated heterocycles. The number of halogens is 1. The van der Waals surface area contributed by atoms with E-state index >= 15 is 0 Å². The Hall–Kier alpha value is -1.83. The maximum Gasteiger partial charge on any atom is 0.238 e. The molecule has 6 nitrogen and oxygen atoms in total. The van der Waals surface area contributed by atoms with Gasteiger partial charge in [0.15, 0.2) is 9.84 Å². The Morgan fingerprint density at radius 3 is 2.74 bits per heavy atom. The van der Waals surface area contributed by atoms with Gasteiger partial charge in [-0.2, -0.15) is 0 Å². The molecule has 0 saturated carbocycles. The number of sulfone groups is 1. The zero-order valence-corrected chi connectivity index (χ0v) is 16.9. The molecule has 27 heavy (non-hydrogen) atoms. The fourth-order valence-corrected chi connectivity index (χ4v) is 5.55. The minimum atomic E-state index is -3.06. The molecule has 1 amide bonds. The van der Waals surface area contributed by atoms with Gasteiger partial charge in [-0.05, 0) is 49.6 Å². The maximum absolute atomic E-state index is 12.7. The van der Waals surface area contributed by atoms with Crippen LogP contribution in [0.1, 0.15) is 23.3 Å². The van der Waals surface area contributed by atoms with Crippen molar-refractivity contribution in [2.45, 2.75) is 32.9 Å². The van der Waals surface area contributed by atoms with Crippen molar-refractivity contribution in [3.63, 3.8) is 0 Å². The molecule has 1 N–H and O–H groups in total. The molecule has 1 aliphatic heterocycles. The summed E-state index contributed by atoms with van der Waals surface area (Å²) in [5.74, 6) is 0.665. The number of amides is 1. The second-order valence-corrected chi connectivity index (χ2v) is 9.66. The molecule has 8 heteroatoms. The molecule has 146 valence electrons. The largest absolute Gasteiger partial charge is 0.468 e. The van der Waals surface area contributed by atoms with E-state index in [0.717, 1.165) is 11.1 Å². The second-order valence-electron chi connectivity index (χ2n) is 7.03. The smallest absolute Gasteiger partial charge is 0.238 e. The van der Waals surface area contributed by atoms with Crippen LogP contribution in [0.5, 0.6) is 0 Å². The van der Waals surface area contributed by atoms with E-state index in [1.807, 2.05) is 30.9 Å². The maximum atomic E-state index is 12.7. The number of furan rings is 1. The summed E-state index contributed by atoms with van der Waals surface area (Å²) < 4.78 is 29.1. The van der Waals surface area contributed by atoms with E-state index < -0.39 is 9.84 Å². The molecule has 0 bridgehead atoms. The summed E-state index contributed by atoms with van der Waals surface area (Å²) in [4.78, 5) is 14.5. The Balaban J connectivity index is 1.74. The Bertz CT molecular complexity index is 902. The van der Waals surface area contributed by atoms with Crippen molar-refractivity contribution >= 4 is 33.0 Å². The van der Waals surface area contributed by atoms with Crippen LogP contribution in [-0.4, -0.2) is 43.3 Å². The number of nitrogens with one attached hydrogen (secondary N) is 1. The SMILES string of the molecule is Cc1cc(C)c(NC(=O)CN(Cc2ccco2)C2CCS(=O)(=O)C2)c(Cl)c1. The van der Waals surface area contributed by atoms with Crippen molar-refractivity contribution in [1.82, 2.24) is 4.90 Å². The molecule has 0 spiro atoms. The number of benzene rings is 1. The third-order valence-electron chi connectivity index (χ3n) is 4.71. The zero-order valence-electron chi connectivity index (χ0n) is 15.4. The van der Waals surface area contributed by atoms with Crippen molar-refractivity contribution in [1.29, 1.82) is 0 Å². The zero-order chi connectivity index (χ0) is 19.6. The summed E-state index contributed by atoms with van der Waals surface area (Å²) in [7, 11) is -3.06. The molecule has 1 atom stereocenters. The fraction of sp³-hybridized carbons (Fsp3) is 0.421. The van der Waals surface area contributed by atoms with Gasteiger partial charge < -0.3 is 9.73 Å². The summed E-state index contributed by atoms with van der Waals surface area (Å²) in [6.45, 7) is 4.26. The lowest BCUT2D eigenvalue weighted by Gasteiger charge is -2.26. The number of anilines is 1. The normalized spacial score (nSPS) is 18.7. The second kappa shape index (κ2) is 8.04. The van der Waals surface area contributed by atoms with E-state index in [4.69, 9.17) is 16.0 Å². The average molecular weight is 411 g/mol. The predicted molar refractivity (Wildman–Crippen MR) is 106 cm³/mol. The van der Waals surface area contributed by atoms with Crippen LogP contribution in [0.15, 0.2) is 34.9 Å². The lowest BCUT2D eigenvalue weighted by atomic mass is 10.1. The van der Waals surface area contributed by atoms with E-state index in [2.05, 4.69) is 5.32 Å². The molecule has 0 aliphatic carbocycles. The lowest BCUT2D eigenvalue weighted by molar-refractivity contribution is -0.118. The first-order chi connectivity index (χ1) is 12.7. The molecule has 1 fully saturated rings. The van der Waals surface area contributed by atoms with Gasteiger partial charge in [0.2, 0.25) is 5.91 Å². The first-order valence-electron chi connectivity index (χ1n) is 8.77. The minimum absolute atomic E-state index is 0.0601. The van der Waals surface area contributed by atoms with Crippen molar-refractivity contribution in [2.24, 2.45) is 0 Å². The summed E-state index contributed by atoms with van der Waals surface area (Å²) >= 11 is 6.27.